The van der Waals surface area contributed by atoms with Crippen molar-refractivity contribution in [1.82, 2.24) is 0 Å². The van der Waals surface area contributed by atoms with Crippen molar-refractivity contribution in [3.05, 3.63) is 23.0 Å². The minimum Gasteiger partial charge on any atom is -0.397 e. The number of aliphatic hydroxyl groups is 1. The number of nitrogen functional groups attached to an aromatic ring is 1. The first-order valence-corrected chi connectivity index (χ1v) is 5.22. The second-order valence-electron chi connectivity index (χ2n) is 3.39. The molecule has 17 heavy (non-hydrogen) atoms. The van der Waals surface area contributed by atoms with Gasteiger partial charge in [-0.05, 0) is 6.07 Å². The number of nitrogens with zero attached hydrogens (tertiary/aromatic N) is 1. The van der Waals surface area contributed by atoms with Crippen LogP contribution in [0.4, 0.5) is 24.5 Å². The zero-order chi connectivity index (χ0) is 13.0. The third-order valence-corrected chi connectivity index (χ3v) is 2.43. The number of aliphatic hydroxyl groups excluding tert-OH is 1. The molecule has 0 spiro atoms. The summed E-state index contributed by atoms with van der Waals surface area (Å²) in [5.41, 5.74) is 5.76. The number of benzene rings is 1. The normalized spacial score (nSPS) is 10.9. The maximum atomic E-state index is 13.2. The molecule has 1 aromatic carbocycles. The number of halogens is 4. The lowest BCUT2D eigenvalue weighted by molar-refractivity contribution is 0.153. The van der Waals surface area contributed by atoms with E-state index in [-0.39, 0.29) is 29.5 Å². The predicted molar refractivity (Wildman–Crippen MR) is 61.1 cm³/mol. The highest BCUT2D eigenvalue weighted by molar-refractivity contribution is 6.31. The second-order valence-corrected chi connectivity index (χ2v) is 3.79. The molecule has 1 aromatic rings. The van der Waals surface area contributed by atoms with Gasteiger partial charge >= 0.3 is 0 Å². The van der Waals surface area contributed by atoms with Gasteiger partial charge < -0.3 is 15.7 Å². The lowest BCUT2D eigenvalue weighted by Gasteiger charge is -2.25. The number of rotatable bonds is 5. The van der Waals surface area contributed by atoms with Crippen LogP contribution in [0.15, 0.2) is 12.1 Å². The highest BCUT2D eigenvalue weighted by Crippen LogP contribution is 2.29. The van der Waals surface area contributed by atoms with E-state index < -0.39 is 18.8 Å². The zero-order valence-electron chi connectivity index (χ0n) is 8.84. The van der Waals surface area contributed by atoms with Gasteiger partial charge in [0.1, 0.15) is 5.82 Å². The summed E-state index contributed by atoms with van der Waals surface area (Å²) in [4.78, 5) is 1.11. The van der Waals surface area contributed by atoms with Crippen LogP contribution in [0.5, 0.6) is 0 Å². The molecule has 0 saturated heterocycles. The fourth-order valence-electron chi connectivity index (χ4n) is 1.42. The van der Waals surface area contributed by atoms with Gasteiger partial charge in [0.15, 0.2) is 0 Å². The molecule has 0 atom stereocenters. The van der Waals surface area contributed by atoms with Crippen molar-refractivity contribution in [1.29, 1.82) is 0 Å². The standard InChI is InChI=1S/C10H12ClF3N2O/c11-6-3-8(15)9(4-7(6)12)16(1-2-17)5-10(13)14/h3-4,10,17H,1-2,5,15H2. The van der Waals surface area contributed by atoms with Gasteiger partial charge in [-0.3, -0.25) is 0 Å². The number of anilines is 2. The SMILES string of the molecule is Nc1cc(Cl)c(F)cc1N(CCO)CC(F)F. The third-order valence-electron chi connectivity index (χ3n) is 2.14. The molecule has 0 heterocycles. The maximum absolute atomic E-state index is 13.2. The molecule has 0 aliphatic heterocycles. The van der Waals surface area contributed by atoms with E-state index in [1.54, 1.807) is 0 Å². The van der Waals surface area contributed by atoms with Crippen molar-refractivity contribution < 1.29 is 18.3 Å². The largest absolute Gasteiger partial charge is 0.397 e. The number of alkyl halides is 2. The Balaban J connectivity index is 3.04. The molecule has 3 N–H and O–H groups in total. The van der Waals surface area contributed by atoms with Crippen LogP contribution >= 0.6 is 11.6 Å². The fourth-order valence-corrected chi connectivity index (χ4v) is 1.60. The van der Waals surface area contributed by atoms with E-state index in [4.69, 9.17) is 22.4 Å². The highest BCUT2D eigenvalue weighted by Gasteiger charge is 2.16. The van der Waals surface area contributed by atoms with Crippen LogP contribution in [-0.4, -0.2) is 31.2 Å². The Bertz CT molecular complexity index is 390. The first kappa shape index (κ1) is 13.9. The molecule has 0 saturated carbocycles. The van der Waals surface area contributed by atoms with E-state index in [0.29, 0.717) is 0 Å². The summed E-state index contributed by atoms with van der Waals surface area (Å²) in [6.45, 7) is -1.03. The monoisotopic (exact) mass is 268 g/mol. The summed E-state index contributed by atoms with van der Waals surface area (Å²) in [5, 5.41) is 8.60. The molecular formula is C10H12ClF3N2O. The minimum atomic E-state index is -2.61. The van der Waals surface area contributed by atoms with E-state index in [0.717, 1.165) is 17.0 Å². The average molecular weight is 269 g/mol. The number of nitrogens with two attached hydrogens (primary N) is 1. The molecular weight excluding hydrogens is 257 g/mol. The molecule has 1 rings (SSSR count). The van der Waals surface area contributed by atoms with Crippen molar-refractivity contribution in [3.8, 4) is 0 Å². The lowest BCUT2D eigenvalue weighted by Crippen LogP contribution is -2.32. The quantitative estimate of drug-likeness (QED) is 0.805. The van der Waals surface area contributed by atoms with Crippen molar-refractivity contribution in [3.63, 3.8) is 0 Å². The molecule has 96 valence electrons. The maximum Gasteiger partial charge on any atom is 0.255 e. The number of hydrogen-bond acceptors (Lipinski definition) is 3. The third kappa shape index (κ3) is 3.67. The molecule has 3 nitrogen and oxygen atoms in total. The summed E-state index contributed by atoms with van der Waals surface area (Å²) in [7, 11) is 0. The van der Waals surface area contributed by atoms with Crippen LogP contribution in [-0.2, 0) is 0 Å². The molecule has 0 bridgehead atoms. The number of hydrogen-bond donors (Lipinski definition) is 2. The Kier molecular flexibility index (Phi) is 4.89. The van der Waals surface area contributed by atoms with Gasteiger partial charge in [0.05, 0.1) is 29.5 Å². The van der Waals surface area contributed by atoms with Gasteiger partial charge in [-0.15, -0.1) is 0 Å². The summed E-state index contributed by atoms with van der Waals surface area (Å²) < 4.78 is 37.9. The molecule has 0 aliphatic rings. The minimum absolute atomic E-state index is 0.0599. The highest BCUT2D eigenvalue weighted by atomic mass is 35.5. The van der Waals surface area contributed by atoms with E-state index in [1.165, 1.54) is 0 Å². The summed E-state index contributed by atoms with van der Waals surface area (Å²) in [6.07, 6.45) is -2.61. The molecule has 0 amide bonds. The van der Waals surface area contributed by atoms with Crippen molar-refractivity contribution in [2.45, 2.75) is 6.43 Å². The van der Waals surface area contributed by atoms with Crippen LogP contribution < -0.4 is 10.6 Å². The fraction of sp³-hybridized carbons (Fsp3) is 0.400. The van der Waals surface area contributed by atoms with Crippen LogP contribution in [0.1, 0.15) is 0 Å². The van der Waals surface area contributed by atoms with Crippen LogP contribution in [0.3, 0.4) is 0 Å². The van der Waals surface area contributed by atoms with Gasteiger partial charge in [-0.2, -0.15) is 0 Å². The lowest BCUT2D eigenvalue weighted by atomic mass is 10.2. The van der Waals surface area contributed by atoms with Crippen LogP contribution in [0, 0.1) is 5.82 Å². The van der Waals surface area contributed by atoms with E-state index in [2.05, 4.69) is 0 Å². The molecule has 0 fully saturated rings. The van der Waals surface area contributed by atoms with Gasteiger partial charge in [0.25, 0.3) is 6.43 Å². The van der Waals surface area contributed by atoms with Crippen molar-refractivity contribution >= 4 is 23.0 Å². The first-order valence-electron chi connectivity index (χ1n) is 4.84. The first-order chi connectivity index (χ1) is 7.95. The molecule has 0 aliphatic carbocycles. The Morgan fingerprint density at radius 1 is 1.41 bits per heavy atom. The Morgan fingerprint density at radius 2 is 2.06 bits per heavy atom. The Hall–Kier alpha value is -1.14. The Morgan fingerprint density at radius 3 is 2.59 bits per heavy atom. The van der Waals surface area contributed by atoms with E-state index >= 15 is 0 Å². The molecule has 0 aromatic heterocycles. The molecule has 0 unspecified atom stereocenters. The second kappa shape index (κ2) is 5.97. The van der Waals surface area contributed by atoms with Crippen LogP contribution in [0.2, 0.25) is 5.02 Å². The summed E-state index contributed by atoms with van der Waals surface area (Å²) in [5.74, 6) is -0.743. The van der Waals surface area contributed by atoms with Gasteiger partial charge in [-0.1, -0.05) is 11.6 Å². The summed E-state index contributed by atoms with van der Waals surface area (Å²) >= 11 is 5.50. The molecule has 7 heteroatoms. The predicted octanol–water partition coefficient (Wildman–Crippen LogP) is 2.13. The smallest absolute Gasteiger partial charge is 0.255 e. The van der Waals surface area contributed by atoms with Gasteiger partial charge in [0.2, 0.25) is 0 Å². The summed E-state index contributed by atoms with van der Waals surface area (Å²) in [6, 6.07) is 2.14. The molecule has 0 radical (unpaired) electrons. The average Bonchev–Trinajstić information content (AvgIpc) is 2.22. The van der Waals surface area contributed by atoms with Crippen molar-refractivity contribution in [2.75, 3.05) is 30.3 Å². The topological polar surface area (TPSA) is 49.5 Å². The van der Waals surface area contributed by atoms with Crippen LogP contribution in [0.25, 0.3) is 0 Å². The van der Waals surface area contributed by atoms with E-state index in [9.17, 15) is 13.2 Å². The van der Waals surface area contributed by atoms with Gasteiger partial charge in [-0.25, -0.2) is 13.2 Å². The van der Waals surface area contributed by atoms with Crippen molar-refractivity contribution in [2.24, 2.45) is 0 Å². The Labute approximate surface area is 102 Å². The zero-order valence-corrected chi connectivity index (χ0v) is 9.59. The van der Waals surface area contributed by atoms with E-state index in [1.807, 2.05) is 0 Å². The van der Waals surface area contributed by atoms with Gasteiger partial charge in [0, 0.05) is 12.6 Å².